The number of nitrogens with zero attached hydrogens (tertiary/aromatic N) is 3. The minimum absolute atomic E-state index is 0.785. The summed E-state index contributed by atoms with van der Waals surface area (Å²) in [6.45, 7) is 11.0. The maximum atomic E-state index is 4.64. The van der Waals surface area contributed by atoms with Crippen LogP contribution in [0.25, 0.3) is 0 Å². The van der Waals surface area contributed by atoms with Crippen LogP contribution in [0.4, 0.5) is 0 Å². The molecule has 0 saturated carbocycles. The molecule has 1 N–H and O–H groups in total. The number of hydrogen-bond acceptors (Lipinski definition) is 3. The van der Waals surface area contributed by atoms with Crippen LogP contribution in [-0.4, -0.2) is 21.3 Å². The van der Waals surface area contributed by atoms with E-state index in [0.29, 0.717) is 0 Å². The molecule has 0 spiro atoms. The van der Waals surface area contributed by atoms with Crippen molar-refractivity contribution in [3.05, 3.63) is 46.5 Å². The molecule has 2 rings (SSSR count). The van der Waals surface area contributed by atoms with E-state index in [1.165, 1.54) is 22.4 Å². The van der Waals surface area contributed by atoms with Crippen molar-refractivity contribution >= 4 is 0 Å². The first kappa shape index (κ1) is 13.7. The predicted molar refractivity (Wildman–Crippen MR) is 77.2 cm³/mol. The quantitative estimate of drug-likeness (QED) is 0.895. The van der Waals surface area contributed by atoms with Gasteiger partial charge in [0.1, 0.15) is 0 Å². The fraction of sp³-hybridized carbons (Fsp3) is 0.467. The highest BCUT2D eigenvalue weighted by molar-refractivity contribution is 5.26. The van der Waals surface area contributed by atoms with Gasteiger partial charge in [-0.3, -0.25) is 9.67 Å². The van der Waals surface area contributed by atoms with Crippen LogP contribution in [0.3, 0.4) is 0 Å². The third-order valence-electron chi connectivity index (χ3n) is 3.35. The minimum atomic E-state index is 0.785. The van der Waals surface area contributed by atoms with Gasteiger partial charge in [0.25, 0.3) is 0 Å². The van der Waals surface area contributed by atoms with E-state index in [0.717, 1.165) is 25.3 Å². The molecule has 2 aromatic heterocycles. The van der Waals surface area contributed by atoms with Gasteiger partial charge in [0.05, 0.1) is 12.2 Å². The van der Waals surface area contributed by atoms with Crippen molar-refractivity contribution in [3.8, 4) is 0 Å². The van der Waals surface area contributed by atoms with Gasteiger partial charge in [0.2, 0.25) is 0 Å². The van der Waals surface area contributed by atoms with Crippen molar-refractivity contribution in [3.63, 3.8) is 0 Å². The molecule has 0 atom stereocenters. The first-order valence-electron chi connectivity index (χ1n) is 6.76. The van der Waals surface area contributed by atoms with Crippen molar-refractivity contribution in [1.29, 1.82) is 0 Å². The van der Waals surface area contributed by atoms with Gasteiger partial charge in [-0.2, -0.15) is 5.10 Å². The Morgan fingerprint density at radius 1 is 1.21 bits per heavy atom. The second kappa shape index (κ2) is 5.97. The average molecular weight is 258 g/mol. The predicted octanol–water partition coefficient (Wildman–Crippen LogP) is 2.36. The number of aromatic nitrogens is 3. The third-order valence-corrected chi connectivity index (χ3v) is 3.35. The summed E-state index contributed by atoms with van der Waals surface area (Å²) in [4.78, 5) is 4.24. The van der Waals surface area contributed by atoms with Crippen LogP contribution in [0.1, 0.15) is 35.0 Å². The van der Waals surface area contributed by atoms with E-state index < -0.39 is 0 Å². The highest BCUT2D eigenvalue weighted by Crippen LogP contribution is 2.14. The molecular formula is C15H22N4. The zero-order valence-corrected chi connectivity index (χ0v) is 12.2. The summed E-state index contributed by atoms with van der Waals surface area (Å²) in [7, 11) is 0. The molecule has 2 aromatic rings. The van der Waals surface area contributed by atoms with Crippen molar-refractivity contribution in [2.45, 2.75) is 40.8 Å². The van der Waals surface area contributed by atoms with E-state index >= 15 is 0 Å². The molecule has 0 saturated heterocycles. The molecule has 0 radical (unpaired) electrons. The maximum absolute atomic E-state index is 4.64. The van der Waals surface area contributed by atoms with Crippen LogP contribution in [0.15, 0.2) is 18.5 Å². The Hall–Kier alpha value is -1.68. The van der Waals surface area contributed by atoms with Crippen LogP contribution in [0.2, 0.25) is 0 Å². The summed E-state index contributed by atoms with van der Waals surface area (Å²) in [5.74, 6) is 0. The van der Waals surface area contributed by atoms with E-state index in [2.05, 4.69) is 53.8 Å². The molecule has 0 aliphatic heterocycles. The van der Waals surface area contributed by atoms with E-state index in [9.17, 15) is 0 Å². The molecule has 0 bridgehead atoms. The summed E-state index contributed by atoms with van der Waals surface area (Å²) in [5, 5.41) is 8.00. The van der Waals surface area contributed by atoms with Gasteiger partial charge in [-0.15, -0.1) is 0 Å². The number of aryl methyl sites for hydroxylation is 2. The SMILES string of the molecule is CCNCc1c(C)nn(Cc2cncc(C)c2)c1C. The molecule has 4 nitrogen and oxygen atoms in total. The Kier molecular flexibility index (Phi) is 4.32. The van der Waals surface area contributed by atoms with Crippen LogP contribution in [0, 0.1) is 20.8 Å². The molecular weight excluding hydrogens is 236 g/mol. The molecule has 4 heteroatoms. The smallest absolute Gasteiger partial charge is 0.0677 e. The zero-order valence-electron chi connectivity index (χ0n) is 12.2. The topological polar surface area (TPSA) is 42.7 Å². The molecule has 0 amide bonds. The van der Waals surface area contributed by atoms with E-state index in [1.807, 2.05) is 12.4 Å². The first-order chi connectivity index (χ1) is 9.11. The first-order valence-corrected chi connectivity index (χ1v) is 6.76. The standard InChI is InChI=1S/C15H22N4/c1-5-16-9-15-12(3)18-19(13(15)4)10-14-6-11(2)7-17-8-14/h6-8,16H,5,9-10H2,1-4H3. The third kappa shape index (κ3) is 3.20. The molecule has 2 heterocycles. The average Bonchev–Trinajstić information content (AvgIpc) is 2.62. The van der Waals surface area contributed by atoms with E-state index in [-0.39, 0.29) is 0 Å². The monoisotopic (exact) mass is 258 g/mol. The highest BCUT2D eigenvalue weighted by Gasteiger charge is 2.11. The number of hydrogen-bond donors (Lipinski definition) is 1. The Morgan fingerprint density at radius 3 is 2.68 bits per heavy atom. The molecule has 0 aromatic carbocycles. The van der Waals surface area contributed by atoms with Crippen LogP contribution in [0.5, 0.6) is 0 Å². The molecule has 0 unspecified atom stereocenters. The van der Waals surface area contributed by atoms with Gasteiger partial charge in [-0.1, -0.05) is 13.0 Å². The second-order valence-electron chi connectivity index (χ2n) is 4.96. The summed E-state index contributed by atoms with van der Waals surface area (Å²) in [6, 6.07) is 2.16. The summed E-state index contributed by atoms with van der Waals surface area (Å²) >= 11 is 0. The largest absolute Gasteiger partial charge is 0.313 e. The Balaban J connectivity index is 2.21. The Morgan fingerprint density at radius 2 is 2.00 bits per heavy atom. The van der Waals surface area contributed by atoms with Crippen molar-refractivity contribution in [2.24, 2.45) is 0 Å². The van der Waals surface area contributed by atoms with Crippen LogP contribution < -0.4 is 5.32 Å². The lowest BCUT2D eigenvalue weighted by Crippen LogP contribution is -2.13. The van der Waals surface area contributed by atoms with E-state index in [4.69, 9.17) is 0 Å². The zero-order chi connectivity index (χ0) is 13.8. The Labute approximate surface area is 114 Å². The number of rotatable bonds is 5. The lowest BCUT2D eigenvalue weighted by atomic mass is 10.2. The summed E-state index contributed by atoms with van der Waals surface area (Å²) in [6.07, 6.45) is 3.79. The van der Waals surface area contributed by atoms with Gasteiger partial charge < -0.3 is 5.32 Å². The van der Waals surface area contributed by atoms with Crippen molar-refractivity contribution in [2.75, 3.05) is 6.54 Å². The lowest BCUT2D eigenvalue weighted by molar-refractivity contribution is 0.653. The summed E-state index contributed by atoms with van der Waals surface area (Å²) < 4.78 is 2.07. The fourth-order valence-corrected chi connectivity index (χ4v) is 2.27. The molecule has 0 aliphatic rings. The highest BCUT2D eigenvalue weighted by atomic mass is 15.3. The van der Waals surface area contributed by atoms with Gasteiger partial charge in [0.15, 0.2) is 0 Å². The maximum Gasteiger partial charge on any atom is 0.0677 e. The van der Waals surface area contributed by atoms with Gasteiger partial charge >= 0.3 is 0 Å². The fourth-order valence-electron chi connectivity index (χ4n) is 2.27. The van der Waals surface area contributed by atoms with Gasteiger partial charge in [-0.05, 0) is 38.4 Å². The summed E-state index contributed by atoms with van der Waals surface area (Å²) in [5.41, 5.74) is 6.04. The normalized spacial score (nSPS) is 10.9. The Bertz CT molecular complexity index is 557. The van der Waals surface area contributed by atoms with Crippen LogP contribution >= 0.6 is 0 Å². The van der Waals surface area contributed by atoms with Crippen molar-refractivity contribution < 1.29 is 0 Å². The number of pyridine rings is 1. The lowest BCUT2D eigenvalue weighted by Gasteiger charge is -2.06. The van der Waals surface area contributed by atoms with Crippen LogP contribution in [-0.2, 0) is 13.1 Å². The van der Waals surface area contributed by atoms with Crippen molar-refractivity contribution in [1.82, 2.24) is 20.1 Å². The van der Waals surface area contributed by atoms with Gasteiger partial charge in [0, 0.05) is 30.2 Å². The molecule has 0 fully saturated rings. The van der Waals surface area contributed by atoms with Gasteiger partial charge in [-0.25, -0.2) is 0 Å². The number of nitrogens with one attached hydrogen (secondary N) is 1. The molecule has 0 aliphatic carbocycles. The molecule has 19 heavy (non-hydrogen) atoms. The van der Waals surface area contributed by atoms with E-state index in [1.54, 1.807) is 0 Å². The minimum Gasteiger partial charge on any atom is -0.313 e. The second-order valence-corrected chi connectivity index (χ2v) is 4.96. The molecule has 102 valence electrons.